The molecular formula is C26H35NO2. The van der Waals surface area contributed by atoms with Crippen LogP contribution in [0.1, 0.15) is 56.7 Å². The maximum absolute atomic E-state index is 9.82. The Morgan fingerprint density at radius 1 is 1.00 bits per heavy atom. The highest BCUT2D eigenvalue weighted by Crippen LogP contribution is 2.46. The molecule has 3 nitrogen and oxygen atoms in total. The minimum Gasteiger partial charge on any atom is -0.392 e. The van der Waals surface area contributed by atoms with Crippen molar-refractivity contribution in [1.29, 1.82) is 0 Å². The summed E-state index contributed by atoms with van der Waals surface area (Å²) >= 11 is 0. The maximum Gasteiger partial charge on any atom is 0.115 e. The Kier molecular flexibility index (Phi) is 6.10. The molecule has 1 saturated heterocycles. The Hall–Kier alpha value is -1.68. The highest BCUT2D eigenvalue weighted by Gasteiger charge is 2.50. The lowest BCUT2D eigenvalue weighted by Gasteiger charge is -2.57. The molecule has 2 aromatic rings. The first-order valence-electron chi connectivity index (χ1n) is 11.1. The second-order valence-electron chi connectivity index (χ2n) is 9.55. The Bertz CT molecular complexity index is 803. The summed E-state index contributed by atoms with van der Waals surface area (Å²) in [7, 11) is 0. The van der Waals surface area contributed by atoms with Crippen LogP contribution in [0.3, 0.4) is 0 Å². The van der Waals surface area contributed by atoms with Gasteiger partial charge in [0, 0.05) is 24.4 Å². The molecule has 2 aromatic carbocycles. The summed E-state index contributed by atoms with van der Waals surface area (Å²) in [4.78, 5) is 2.58. The van der Waals surface area contributed by atoms with Gasteiger partial charge in [0.15, 0.2) is 0 Å². The van der Waals surface area contributed by atoms with Crippen molar-refractivity contribution in [1.82, 2.24) is 4.90 Å². The summed E-state index contributed by atoms with van der Waals surface area (Å²) in [6.45, 7) is 8.15. The van der Waals surface area contributed by atoms with Crippen molar-refractivity contribution >= 4 is 0 Å². The zero-order valence-electron chi connectivity index (χ0n) is 18.1. The summed E-state index contributed by atoms with van der Waals surface area (Å²) in [5.41, 5.74) is 3.59. The van der Waals surface area contributed by atoms with Crippen LogP contribution in [0, 0.1) is 11.8 Å². The first-order chi connectivity index (χ1) is 14.0. The van der Waals surface area contributed by atoms with Crippen LogP contribution in [0.4, 0.5) is 0 Å². The molecule has 0 amide bonds. The van der Waals surface area contributed by atoms with E-state index in [4.69, 9.17) is 4.74 Å². The molecule has 2 aliphatic rings. The summed E-state index contributed by atoms with van der Waals surface area (Å²) in [5, 5.41) is 9.82. The van der Waals surface area contributed by atoms with Crippen LogP contribution in [0.15, 0.2) is 54.6 Å². The van der Waals surface area contributed by atoms with E-state index in [9.17, 15) is 5.11 Å². The lowest BCUT2D eigenvalue weighted by molar-refractivity contribution is -0.236. The van der Waals surface area contributed by atoms with Gasteiger partial charge >= 0.3 is 0 Å². The molecule has 0 spiro atoms. The van der Waals surface area contributed by atoms with Gasteiger partial charge in [-0.15, -0.1) is 0 Å². The van der Waals surface area contributed by atoms with E-state index in [1.165, 1.54) is 24.0 Å². The number of fused-ring (bicyclic) bond motifs is 1. The highest BCUT2D eigenvalue weighted by molar-refractivity contribution is 5.27. The lowest BCUT2D eigenvalue weighted by atomic mass is 9.69. The summed E-state index contributed by atoms with van der Waals surface area (Å²) in [6, 6.07) is 19.0. The van der Waals surface area contributed by atoms with Gasteiger partial charge in [0.25, 0.3) is 0 Å². The van der Waals surface area contributed by atoms with E-state index in [0.29, 0.717) is 12.0 Å². The average Bonchev–Trinajstić information content (AvgIpc) is 2.72. The molecule has 3 heteroatoms. The molecule has 4 rings (SSSR count). The molecule has 0 aromatic heterocycles. The Morgan fingerprint density at radius 2 is 1.69 bits per heavy atom. The minimum absolute atomic E-state index is 0.0180. The number of nitrogens with zero attached hydrogens (tertiary/aromatic N) is 1. The Labute approximate surface area is 175 Å². The third kappa shape index (κ3) is 4.28. The molecule has 29 heavy (non-hydrogen) atoms. The molecule has 1 aliphatic carbocycles. The van der Waals surface area contributed by atoms with Crippen molar-refractivity contribution < 1.29 is 9.84 Å². The molecule has 1 heterocycles. The molecule has 0 radical (unpaired) electrons. The van der Waals surface area contributed by atoms with Gasteiger partial charge in [0.2, 0.25) is 0 Å². The lowest BCUT2D eigenvalue weighted by Crippen LogP contribution is -2.64. The fourth-order valence-electron chi connectivity index (χ4n) is 5.49. The molecule has 0 bridgehead atoms. The van der Waals surface area contributed by atoms with E-state index >= 15 is 0 Å². The van der Waals surface area contributed by atoms with E-state index < -0.39 is 0 Å². The summed E-state index contributed by atoms with van der Waals surface area (Å²) in [6.07, 6.45) is 4.85. The molecule has 1 aliphatic heterocycles. The van der Waals surface area contributed by atoms with E-state index in [1.807, 2.05) is 12.1 Å². The van der Waals surface area contributed by atoms with Gasteiger partial charge in [-0.3, -0.25) is 4.90 Å². The predicted octanol–water partition coefficient (Wildman–Crippen LogP) is 5.16. The van der Waals surface area contributed by atoms with E-state index in [-0.39, 0.29) is 18.4 Å². The van der Waals surface area contributed by atoms with Gasteiger partial charge in [-0.1, -0.05) is 67.9 Å². The summed E-state index contributed by atoms with van der Waals surface area (Å²) < 4.78 is 6.83. The quantitative estimate of drug-likeness (QED) is 0.761. The standard InChI is InChI=1S/C26H35NO2/c1-19-13-14-23-24(15-19)29-25(16-21-11-7-8-12-22(21)18-28)27(26(23,2)3)17-20-9-5-4-6-10-20/h4-12,19,23-25,28H,13-18H2,1-3H3/t19-,23-,24-,25+/m1/s1. The van der Waals surface area contributed by atoms with Gasteiger partial charge in [0.1, 0.15) is 6.23 Å². The number of aliphatic hydroxyl groups is 1. The SMILES string of the molecule is C[C@@H]1CC[C@@H]2[C@@H](C1)O[C@@H](Cc1ccccc1CO)N(Cc1ccccc1)C2(C)C. The van der Waals surface area contributed by atoms with Gasteiger partial charge in [-0.2, -0.15) is 0 Å². The largest absolute Gasteiger partial charge is 0.392 e. The zero-order valence-corrected chi connectivity index (χ0v) is 18.1. The first kappa shape index (κ1) is 20.6. The van der Waals surface area contributed by atoms with E-state index in [2.05, 4.69) is 68.1 Å². The number of rotatable bonds is 5. The number of benzene rings is 2. The van der Waals surface area contributed by atoms with Crippen LogP contribution < -0.4 is 0 Å². The smallest absolute Gasteiger partial charge is 0.115 e. The van der Waals surface area contributed by atoms with Crippen molar-refractivity contribution in [2.24, 2.45) is 11.8 Å². The molecule has 1 saturated carbocycles. The van der Waals surface area contributed by atoms with Crippen LogP contribution in [0.5, 0.6) is 0 Å². The van der Waals surface area contributed by atoms with Crippen molar-refractivity contribution in [2.45, 2.75) is 77.5 Å². The average molecular weight is 394 g/mol. The second-order valence-corrected chi connectivity index (χ2v) is 9.55. The Morgan fingerprint density at radius 3 is 2.41 bits per heavy atom. The normalized spacial score (nSPS) is 29.4. The molecule has 2 fully saturated rings. The second kappa shape index (κ2) is 8.59. The van der Waals surface area contributed by atoms with Crippen molar-refractivity contribution in [2.75, 3.05) is 0 Å². The van der Waals surface area contributed by atoms with Gasteiger partial charge in [-0.05, 0) is 49.3 Å². The third-order valence-electron chi connectivity index (χ3n) is 7.26. The Balaban J connectivity index is 1.66. The van der Waals surface area contributed by atoms with Crippen LogP contribution in [-0.4, -0.2) is 27.9 Å². The molecule has 1 N–H and O–H groups in total. The van der Waals surface area contributed by atoms with Crippen LogP contribution in [0.25, 0.3) is 0 Å². The van der Waals surface area contributed by atoms with Gasteiger partial charge < -0.3 is 9.84 Å². The number of aliphatic hydroxyl groups excluding tert-OH is 1. The minimum atomic E-state index is 0.0180. The fraction of sp³-hybridized carbons (Fsp3) is 0.538. The van der Waals surface area contributed by atoms with E-state index in [1.54, 1.807) is 0 Å². The van der Waals surface area contributed by atoms with Crippen LogP contribution in [-0.2, 0) is 24.3 Å². The van der Waals surface area contributed by atoms with Crippen LogP contribution in [0.2, 0.25) is 0 Å². The zero-order chi connectivity index (χ0) is 20.4. The maximum atomic E-state index is 9.82. The number of hydrogen-bond donors (Lipinski definition) is 1. The molecular weight excluding hydrogens is 358 g/mol. The van der Waals surface area contributed by atoms with Gasteiger partial charge in [0.05, 0.1) is 12.7 Å². The van der Waals surface area contributed by atoms with Crippen molar-refractivity contribution in [3.8, 4) is 0 Å². The van der Waals surface area contributed by atoms with Crippen molar-refractivity contribution in [3.63, 3.8) is 0 Å². The van der Waals surface area contributed by atoms with E-state index in [0.717, 1.165) is 30.9 Å². The topological polar surface area (TPSA) is 32.7 Å². The van der Waals surface area contributed by atoms with Gasteiger partial charge in [-0.25, -0.2) is 0 Å². The predicted molar refractivity (Wildman–Crippen MR) is 117 cm³/mol. The summed E-state index contributed by atoms with van der Waals surface area (Å²) in [5.74, 6) is 1.30. The van der Waals surface area contributed by atoms with Crippen LogP contribution >= 0.6 is 0 Å². The molecule has 0 unspecified atom stereocenters. The fourth-order valence-corrected chi connectivity index (χ4v) is 5.49. The number of hydrogen-bond acceptors (Lipinski definition) is 3. The monoisotopic (exact) mass is 393 g/mol. The number of ether oxygens (including phenoxy) is 1. The first-order valence-corrected chi connectivity index (χ1v) is 11.1. The third-order valence-corrected chi connectivity index (χ3v) is 7.26. The molecule has 4 atom stereocenters. The highest BCUT2D eigenvalue weighted by atomic mass is 16.5. The molecule has 156 valence electrons. The van der Waals surface area contributed by atoms with Crippen molar-refractivity contribution in [3.05, 3.63) is 71.3 Å².